The van der Waals surface area contributed by atoms with Gasteiger partial charge in [0.15, 0.2) is 0 Å². The van der Waals surface area contributed by atoms with Crippen molar-refractivity contribution in [2.45, 2.75) is 52.6 Å². The summed E-state index contributed by atoms with van der Waals surface area (Å²) in [4.78, 5) is 0. The second-order valence-corrected chi connectivity index (χ2v) is 5.91. The highest BCUT2D eigenvalue weighted by atomic mass is 16.3. The number of aliphatic hydroxyl groups excluding tert-OH is 1. The molecular weight excluding hydrogens is 160 g/mol. The molecule has 1 heteroatoms. The largest absolute Gasteiger partial charge is 0.393 e. The van der Waals surface area contributed by atoms with E-state index in [1.165, 1.54) is 12.8 Å². The van der Waals surface area contributed by atoms with Crippen LogP contribution >= 0.6 is 0 Å². The molecule has 2 aliphatic carbocycles. The highest BCUT2D eigenvalue weighted by Gasteiger charge is 2.48. The molecule has 0 aromatic rings. The Labute approximate surface area is 81.5 Å². The fourth-order valence-electron chi connectivity index (χ4n) is 3.91. The van der Waals surface area contributed by atoms with Crippen LogP contribution in [0, 0.1) is 23.2 Å². The zero-order chi connectivity index (χ0) is 9.64. The summed E-state index contributed by atoms with van der Waals surface area (Å²) in [5.74, 6) is 2.51. The normalized spacial score (nSPS) is 48.9. The molecule has 0 bridgehead atoms. The number of rotatable bonds is 0. The summed E-state index contributed by atoms with van der Waals surface area (Å²) >= 11 is 0. The second kappa shape index (κ2) is 2.98. The Morgan fingerprint density at radius 1 is 1.23 bits per heavy atom. The SMILES string of the molecule is CC1CC(C)(C)C2CCC(O)CC12. The molecule has 2 aliphatic rings. The standard InChI is InChI=1S/C12H22O/c1-8-7-12(2,3)11-5-4-9(13)6-10(8)11/h8-11,13H,4-7H2,1-3H3. The van der Waals surface area contributed by atoms with Crippen LogP contribution in [0.15, 0.2) is 0 Å². The first kappa shape index (κ1) is 9.51. The smallest absolute Gasteiger partial charge is 0.0543 e. The van der Waals surface area contributed by atoms with Gasteiger partial charge in [0, 0.05) is 0 Å². The molecule has 76 valence electrons. The molecule has 4 atom stereocenters. The van der Waals surface area contributed by atoms with Crippen molar-refractivity contribution in [1.82, 2.24) is 0 Å². The molecule has 1 nitrogen and oxygen atoms in total. The molecule has 0 amide bonds. The van der Waals surface area contributed by atoms with E-state index in [0.717, 1.165) is 30.6 Å². The Morgan fingerprint density at radius 2 is 1.92 bits per heavy atom. The third-order valence-electron chi connectivity index (χ3n) is 4.45. The van der Waals surface area contributed by atoms with Crippen LogP contribution < -0.4 is 0 Å². The van der Waals surface area contributed by atoms with Gasteiger partial charge in [-0.15, -0.1) is 0 Å². The Hall–Kier alpha value is -0.0400. The fraction of sp³-hybridized carbons (Fsp3) is 1.00. The van der Waals surface area contributed by atoms with E-state index in [-0.39, 0.29) is 6.10 Å². The Balaban J connectivity index is 2.15. The lowest BCUT2D eigenvalue weighted by Crippen LogP contribution is -2.31. The predicted molar refractivity (Wildman–Crippen MR) is 54.4 cm³/mol. The van der Waals surface area contributed by atoms with Gasteiger partial charge in [-0.05, 0) is 48.9 Å². The van der Waals surface area contributed by atoms with Crippen LogP contribution in [-0.4, -0.2) is 11.2 Å². The average molecular weight is 182 g/mol. The van der Waals surface area contributed by atoms with Crippen LogP contribution in [0.25, 0.3) is 0 Å². The fourth-order valence-corrected chi connectivity index (χ4v) is 3.91. The van der Waals surface area contributed by atoms with E-state index in [0.29, 0.717) is 5.41 Å². The van der Waals surface area contributed by atoms with E-state index in [1.54, 1.807) is 0 Å². The van der Waals surface area contributed by atoms with Gasteiger partial charge in [-0.1, -0.05) is 20.8 Å². The molecule has 4 unspecified atom stereocenters. The van der Waals surface area contributed by atoms with Gasteiger partial charge in [0.1, 0.15) is 0 Å². The average Bonchev–Trinajstić information content (AvgIpc) is 2.22. The monoisotopic (exact) mass is 182 g/mol. The van der Waals surface area contributed by atoms with Crippen molar-refractivity contribution in [1.29, 1.82) is 0 Å². The Kier molecular flexibility index (Phi) is 2.18. The van der Waals surface area contributed by atoms with Crippen LogP contribution in [0.3, 0.4) is 0 Å². The molecule has 0 heterocycles. The summed E-state index contributed by atoms with van der Waals surface area (Å²) in [6.45, 7) is 7.18. The predicted octanol–water partition coefficient (Wildman–Crippen LogP) is 2.83. The van der Waals surface area contributed by atoms with Crippen LogP contribution in [-0.2, 0) is 0 Å². The lowest BCUT2D eigenvalue weighted by molar-refractivity contribution is 0.0470. The minimum atomic E-state index is -0.00222. The van der Waals surface area contributed by atoms with Gasteiger partial charge in [-0.25, -0.2) is 0 Å². The third kappa shape index (κ3) is 1.52. The topological polar surface area (TPSA) is 20.2 Å². The number of hydrogen-bond donors (Lipinski definition) is 1. The molecule has 0 aromatic heterocycles. The maximum absolute atomic E-state index is 9.64. The quantitative estimate of drug-likeness (QED) is 0.611. The molecule has 0 radical (unpaired) electrons. The van der Waals surface area contributed by atoms with Gasteiger partial charge < -0.3 is 5.11 Å². The third-order valence-corrected chi connectivity index (χ3v) is 4.45. The molecule has 1 N–H and O–H groups in total. The van der Waals surface area contributed by atoms with Crippen molar-refractivity contribution in [3.8, 4) is 0 Å². The van der Waals surface area contributed by atoms with Crippen molar-refractivity contribution >= 4 is 0 Å². The van der Waals surface area contributed by atoms with Gasteiger partial charge in [0.25, 0.3) is 0 Å². The van der Waals surface area contributed by atoms with E-state index < -0.39 is 0 Å². The molecule has 0 saturated heterocycles. The lowest BCUT2D eigenvalue weighted by atomic mass is 9.70. The zero-order valence-electron chi connectivity index (χ0n) is 9.09. The Bertz CT molecular complexity index is 197. The molecule has 13 heavy (non-hydrogen) atoms. The molecule has 2 saturated carbocycles. The van der Waals surface area contributed by atoms with E-state index in [4.69, 9.17) is 0 Å². The summed E-state index contributed by atoms with van der Waals surface area (Å²) in [6.07, 6.45) is 4.71. The first-order chi connectivity index (χ1) is 6.00. The van der Waals surface area contributed by atoms with Gasteiger partial charge >= 0.3 is 0 Å². The van der Waals surface area contributed by atoms with Crippen molar-refractivity contribution < 1.29 is 5.11 Å². The van der Waals surface area contributed by atoms with Crippen LogP contribution in [0.5, 0.6) is 0 Å². The second-order valence-electron chi connectivity index (χ2n) is 5.91. The summed E-state index contributed by atoms with van der Waals surface area (Å²) in [5.41, 5.74) is 0.532. The first-order valence-electron chi connectivity index (χ1n) is 5.69. The molecule has 0 spiro atoms. The number of aliphatic hydroxyl groups is 1. The van der Waals surface area contributed by atoms with Crippen LogP contribution in [0.4, 0.5) is 0 Å². The number of hydrogen-bond acceptors (Lipinski definition) is 1. The van der Waals surface area contributed by atoms with Crippen molar-refractivity contribution in [2.75, 3.05) is 0 Å². The lowest BCUT2D eigenvalue weighted by Gasteiger charge is -2.36. The van der Waals surface area contributed by atoms with Crippen molar-refractivity contribution in [3.63, 3.8) is 0 Å². The number of fused-ring (bicyclic) bond motifs is 1. The molecule has 2 fully saturated rings. The Morgan fingerprint density at radius 3 is 2.62 bits per heavy atom. The van der Waals surface area contributed by atoms with E-state index in [1.807, 2.05) is 0 Å². The summed E-state index contributed by atoms with van der Waals surface area (Å²) < 4.78 is 0. The van der Waals surface area contributed by atoms with Gasteiger partial charge in [0.2, 0.25) is 0 Å². The first-order valence-corrected chi connectivity index (χ1v) is 5.69. The van der Waals surface area contributed by atoms with Gasteiger partial charge in [-0.3, -0.25) is 0 Å². The highest BCUT2D eigenvalue weighted by molar-refractivity contribution is 4.97. The molecular formula is C12H22O. The summed E-state index contributed by atoms with van der Waals surface area (Å²) in [6, 6.07) is 0. The van der Waals surface area contributed by atoms with E-state index >= 15 is 0 Å². The molecule has 2 rings (SSSR count). The maximum Gasteiger partial charge on any atom is 0.0543 e. The molecule has 0 aliphatic heterocycles. The summed E-state index contributed by atoms with van der Waals surface area (Å²) in [5, 5.41) is 9.64. The van der Waals surface area contributed by atoms with Crippen molar-refractivity contribution in [2.24, 2.45) is 23.2 Å². The van der Waals surface area contributed by atoms with Gasteiger partial charge in [0.05, 0.1) is 6.10 Å². The minimum absolute atomic E-state index is 0.00222. The zero-order valence-corrected chi connectivity index (χ0v) is 9.09. The van der Waals surface area contributed by atoms with E-state index in [2.05, 4.69) is 20.8 Å². The highest BCUT2D eigenvalue weighted by Crippen LogP contribution is 2.55. The van der Waals surface area contributed by atoms with Crippen LogP contribution in [0.2, 0.25) is 0 Å². The summed E-state index contributed by atoms with van der Waals surface area (Å²) in [7, 11) is 0. The van der Waals surface area contributed by atoms with E-state index in [9.17, 15) is 5.11 Å². The van der Waals surface area contributed by atoms with Crippen LogP contribution in [0.1, 0.15) is 46.5 Å². The molecule has 0 aromatic carbocycles. The van der Waals surface area contributed by atoms with Crippen molar-refractivity contribution in [3.05, 3.63) is 0 Å². The van der Waals surface area contributed by atoms with Gasteiger partial charge in [-0.2, -0.15) is 0 Å². The maximum atomic E-state index is 9.64. The minimum Gasteiger partial charge on any atom is -0.393 e.